The van der Waals surface area contributed by atoms with Gasteiger partial charge in [0.1, 0.15) is 0 Å². The van der Waals surface area contributed by atoms with Crippen LogP contribution in [0.5, 0.6) is 0 Å². The second-order valence-corrected chi connectivity index (χ2v) is 6.93. The van der Waals surface area contributed by atoms with Crippen LogP contribution in [0.25, 0.3) is 0 Å². The van der Waals surface area contributed by atoms with Gasteiger partial charge in [-0.05, 0) is 38.1 Å². The normalized spacial score (nSPS) is 10.7. The van der Waals surface area contributed by atoms with Gasteiger partial charge in [-0.1, -0.05) is 21.6 Å². The van der Waals surface area contributed by atoms with Crippen molar-refractivity contribution in [2.75, 3.05) is 0 Å². The van der Waals surface area contributed by atoms with E-state index in [0.717, 1.165) is 33.7 Å². The molecule has 0 bridgehead atoms. The molecule has 0 aromatic heterocycles. The summed E-state index contributed by atoms with van der Waals surface area (Å²) in [5, 5.41) is 21.8. The minimum atomic E-state index is -0.930. The first-order valence-corrected chi connectivity index (χ1v) is 8.60. The third kappa shape index (κ3) is 3.49. The number of halogens is 2. The maximum absolute atomic E-state index is 13.5. The third-order valence-electron chi connectivity index (χ3n) is 3.25. The predicted molar refractivity (Wildman–Crippen MR) is 87.3 cm³/mol. The van der Waals surface area contributed by atoms with Crippen molar-refractivity contribution in [3.05, 3.63) is 67.3 Å². The molecule has 0 radical (unpaired) electrons. The Bertz CT molecular complexity index is 777. The van der Waals surface area contributed by atoms with Gasteiger partial charge in [-0.2, -0.15) is 8.78 Å². The van der Waals surface area contributed by atoms with Crippen LogP contribution in [0.1, 0.15) is 11.1 Å². The maximum Gasteiger partial charge on any atom is 0.308 e. The number of nitro groups is 2. The first kappa shape index (κ1) is 18.1. The summed E-state index contributed by atoms with van der Waals surface area (Å²) in [4.78, 5) is 21.1. The highest BCUT2D eigenvalue weighted by Gasteiger charge is 2.23. The summed E-state index contributed by atoms with van der Waals surface area (Å²) in [5.41, 5.74) is -0.900. The zero-order valence-electron chi connectivity index (χ0n) is 12.4. The third-order valence-corrected chi connectivity index (χ3v) is 5.90. The Kier molecular flexibility index (Phi) is 5.40. The predicted octanol–water partition coefficient (Wildman–Crippen LogP) is 5.20. The van der Waals surface area contributed by atoms with Crippen LogP contribution in [0, 0.1) is 45.7 Å². The van der Waals surface area contributed by atoms with Crippen LogP contribution in [-0.2, 0) is 0 Å². The fourth-order valence-electron chi connectivity index (χ4n) is 2.02. The van der Waals surface area contributed by atoms with Crippen LogP contribution in [0.2, 0.25) is 0 Å². The lowest BCUT2D eigenvalue weighted by molar-refractivity contribution is -0.388. The van der Waals surface area contributed by atoms with Gasteiger partial charge in [0.15, 0.2) is 0 Å². The van der Waals surface area contributed by atoms with E-state index in [0.29, 0.717) is 9.79 Å². The molecule has 24 heavy (non-hydrogen) atoms. The Morgan fingerprint density at radius 1 is 0.792 bits per heavy atom. The Balaban J connectivity index is 2.33. The van der Waals surface area contributed by atoms with Crippen molar-refractivity contribution in [1.82, 2.24) is 0 Å². The average molecular weight is 372 g/mol. The largest absolute Gasteiger partial charge is 0.308 e. The molecule has 126 valence electrons. The van der Waals surface area contributed by atoms with E-state index in [2.05, 4.69) is 0 Å². The molecule has 0 aliphatic carbocycles. The Labute approximate surface area is 143 Å². The summed E-state index contributed by atoms with van der Waals surface area (Å²) in [7, 11) is 2.16. The first-order valence-electron chi connectivity index (χ1n) is 6.45. The number of hydrogen-bond donors (Lipinski definition) is 0. The van der Waals surface area contributed by atoms with E-state index in [9.17, 15) is 29.0 Å². The minimum Gasteiger partial charge on any atom is -0.258 e. The van der Waals surface area contributed by atoms with Gasteiger partial charge in [-0.25, -0.2) is 0 Å². The van der Waals surface area contributed by atoms with Crippen LogP contribution in [-0.4, -0.2) is 9.85 Å². The van der Waals surface area contributed by atoms with Gasteiger partial charge in [-0.15, -0.1) is 0 Å². The van der Waals surface area contributed by atoms with Crippen LogP contribution in [0.4, 0.5) is 20.2 Å². The highest BCUT2D eigenvalue weighted by atomic mass is 33.1. The van der Waals surface area contributed by atoms with Crippen LogP contribution in [0.3, 0.4) is 0 Å². The molecule has 0 heterocycles. The molecule has 2 aromatic carbocycles. The van der Waals surface area contributed by atoms with Gasteiger partial charge in [0.25, 0.3) is 0 Å². The SMILES string of the molecule is Cc1c(SSc2ccc(F)c([N+](=O)[O-])c2C)ccc(F)c1[N+](=O)[O-]. The van der Waals surface area contributed by atoms with Crippen molar-refractivity contribution >= 4 is 33.0 Å². The molecule has 2 aromatic rings. The molecular formula is C14H10F2N2O4S2. The van der Waals surface area contributed by atoms with Crippen molar-refractivity contribution in [1.29, 1.82) is 0 Å². The fraction of sp³-hybridized carbons (Fsp3) is 0.143. The van der Waals surface area contributed by atoms with Gasteiger partial charge in [0.2, 0.25) is 11.6 Å². The lowest BCUT2D eigenvalue weighted by Crippen LogP contribution is -1.97. The summed E-state index contributed by atoms with van der Waals surface area (Å²) in [6.07, 6.45) is 0. The van der Waals surface area contributed by atoms with E-state index in [1.165, 1.54) is 26.0 Å². The van der Waals surface area contributed by atoms with Gasteiger partial charge < -0.3 is 0 Å². The van der Waals surface area contributed by atoms with E-state index in [1.807, 2.05) is 0 Å². The van der Waals surface area contributed by atoms with E-state index in [4.69, 9.17) is 0 Å². The van der Waals surface area contributed by atoms with Gasteiger partial charge in [0, 0.05) is 20.9 Å². The maximum atomic E-state index is 13.5. The Hall–Kier alpha value is -2.20. The number of nitrogens with zero attached hydrogens (tertiary/aromatic N) is 2. The molecule has 0 N–H and O–H groups in total. The van der Waals surface area contributed by atoms with Crippen LogP contribution < -0.4 is 0 Å². The highest BCUT2D eigenvalue weighted by Crippen LogP contribution is 2.44. The molecule has 0 spiro atoms. The lowest BCUT2D eigenvalue weighted by atomic mass is 10.2. The van der Waals surface area contributed by atoms with Crippen molar-refractivity contribution in [2.45, 2.75) is 23.6 Å². The number of nitro benzene ring substituents is 2. The summed E-state index contributed by atoms with van der Waals surface area (Å²) in [5.74, 6) is -1.86. The molecule has 0 saturated carbocycles. The summed E-state index contributed by atoms with van der Waals surface area (Å²) >= 11 is 0. The number of hydrogen-bond acceptors (Lipinski definition) is 6. The second kappa shape index (κ2) is 7.14. The van der Waals surface area contributed by atoms with Gasteiger partial charge in [0.05, 0.1) is 9.85 Å². The molecule has 0 atom stereocenters. The Morgan fingerprint density at radius 3 is 1.42 bits per heavy atom. The summed E-state index contributed by atoms with van der Waals surface area (Å²) < 4.78 is 27.0. The van der Waals surface area contributed by atoms with Crippen LogP contribution in [0.15, 0.2) is 34.1 Å². The Morgan fingerprint density at radius 2 is 1.12 bits per heavy atom. The van der Waals surface area contributed by atoms with E-state index < -0.39 is 32.9 Å². The smallest absolute Gasteiger partial charge is 0.258 e. The zero-order valence-corrected chi connectivity index (χ0v) is 14.0. The van der Waals surface area contributed by atoms with Gasteiger partial charge in [-0.3, -0.25) is 20.2 Å². The highest BCUT2D eigenvalue weighted by molar-refractivity contribution is 8.76. The molecule has 0 amide bonds. The van der Waals surface area contributed by atoms with E-state index >= 15 is 0 Å². The minimum absolute atomic E-state index is 0.159. The number of rotatable bonds is 5. The molecular weight excluding hydrogens is 362 g/mol. The summed E-state index contributed by atoms with van der Waals surface area (Å²) in [6, 6.07) is 4.77. The van der Waals surface area contributed by atoms with E-state index in [1.54, 1.807) is 0 Å². The second-order valence-electron chi connectivity index (χ2n) is 4.72. The fourth-order valence-corrected chi connectivity index (χ4v) is 4.51. The van der Waals surface area contributed by atoms with Crippen molar-refractivity contribution < 1.29 is 18.6 Å². The van der Waals surface area contributed by atoms with Crippen molar-refractivity contribution in [3.63, 3.8) is 0 Å². The first-order chi connectivity index (χ1) is 11.2. The lowest BCUT2D eigenvalue weighted by Gasteiger charge is -2.08. The topological polar surface area (TPSA) is 86.3 Å². The zero-order chi connectivity index (χ0) is 18.0. The molecule has 6 nitrogen and oxygen atoms in total. The standard InChI is InChI=1S/C14H10F2N2O4S2/c1-7-11(5-3-9(15)13(7)17(19)20)23-24-12-6-4-10(16)14(8(12)2)18(21)22/h3-6H,1-2H3. The summed E-state index contributed by atoms with van der Waals surface area (Å²) in [6.45, 7) is 2.84. The monoisotopic (exact) mass is 372 g/mol. The molecule has 0 saturated heterocycles. The molecule has 10 heteroatoms. The van der Waals surface area contributed by atoms with Gasteiger partial charge >= 0.3 is 11.4 Å². The quantitative estimate of drug-likeness (QED) is 0.407. The van der Waals surface area contributed by atoms with E-state index in [-0.39, 0.29) is 11.1 Å². The molecule has 0 unspecified atom stereocenters. The van der Waals surface area contributed by atoms with Crippen molar-refractivity contribution in [2.24, 2.45) is 0 Å². The molecule has 2 rings (SSSR count). The number of benzene rings is 2. The molecule has 0 fully saturated rings. The molecule has 0 aliphatic rings. The average Bonchev–Trinajstić information content (AvgIpc) is 2.47. The molecule has 0 aliphatic heterocycles. The van der Waals surface area contributed by atoms with Crippen LogP contribution >= 0.6 is 21.6 Å². The van der Waals surface area contributed by atoms with Crippen molar-refractivity contribution in [3.8, 4) is 0 Å².